The Hall–Kier alpha value is -4.08. The van der Waals surface area contributed by atoms with Gasteiger partial charge >= 0.3 is 5.69 Å². The molecule has 0 aliphatic heterocycles. The molecule has 2 N–H and O–H groups in total. The van der Waals surface area contributed by atoms with Crippen LogP contribution in [0.5, 0.6) is 11.5 Å². The van der Waals surface area contributed by atoms with Crippen LogP contribution in [0.1, 0.15) is 49.5 Å². The summed E-state index contributed by atoms with van der Waals surface area (Å²) in [5.41, 5.74) is 0.255. The Labute approximate surface area is 215 Å². The maximum Gasteiger partial charge on any atom is 0.332 e. The summed E-state index contributed by atoms with van der Waals surface area (Å²) < 4.78 is 13.1. The maximum atomic E-state index is 13.6. The third-order valence-electron chi connectivity index (χ3n) is 6.14. The molecule has 0 radical (unpaired) electrons. The van der Waals surface area contributed by atoms with Crippen molar-refractivity contribution in [2.75, 3.05) is 20.8 Å². The van der Waals surface area contributed by atoms with Gasteiger partial charge < -0.3 is 20.1 Å². The van der Waals surface area contributed by atoms with Crippen LogP contribution in [0, 0.1) is 0 Å². The summed E-state index contributed by atoms with van der Waals surface area (Å²) in [4.78, 5) is 52.0. The van der Waals surface area contributed by atoms with E-state index in [0.29, 0.717) is 29.2 Å². The van der Waals surface area contributed by atoms with E-state index < -0.39 is 11.2 Å². The largest absolute Gasteiger partial charge is 0.493 e. The second kappa shape index (κ2) is 12.2. The molecule has 10 nitrogen and oxygen atoms in total. The second-order valence-electron chi connectivity index (χ2n) is 8.81. The molecule has 37 heavy (non-hydrogen) atoms. The minimum Gasteiger partial charge on any atom is -0.493 e. The molecule has 2 aromatic carbocycles. The highest BCUT2D eigenvalue weighted by atomic mass is 16.5. The summed E-state index contributed by atoms with van der Waals surface area (Å²) >= 11 is 0. The number of benzene rings is 2. The van der Waals surface area contributed by atoms with Crippen LogP contribution in [0.3, 0.4) is 0 Å². The number of rotatable bonds is 11. The number of hydrogen-bond donors (Lipinski definition) is 2. The summed E-state index contributed by atoms with van der Waals surface area (Å²) in [6.07, 6.45) is 1.56. The molecule has 0 saturated carbocycles. The lowest BCUT2D eigenvalue weighted by atomic mass is 10.1. The zero-order chi connectivity index (χ0) is 27.1. The van der Waals surface area contributed by atoms with Crippen LogP contribution >= 0.6 is 0 Å². The van der Waals surface area contributed by atoms with Gasteiger partial charge in [0.2, 0.25) is 5.91 Å². The molecule has 10 heteroatoms. The maximum absolute atomic E-state index is 13.6. The number of carbonyl (C=O) groups is 2. The molecule has 198 valence electrons. The highest BCUT2D eigenvalue weighted by molar-refractivity contribution is 5.94. The number of amides is 2. The van der Waals surface area contributed by atoms with Crippen molar-refractivity contribution in [1.82, 2.24) is 19.8 Å². The third-order valence-corrected chi connectivity index (χ3v) is 6.14. The first-order chi connectivity index (χ1) is 17.7. The van der Waals surface area contributed by atoms with Gasteiger partial charge in [0, 0.05) is 24.2 Å². The SMILES string of the molecule is CCCNC(=O)c1ccc(Cn2c(=O)c3cc(OC)c(OC)cc3n(CC(=O)N[C@@H](C)CC)c2=O)cc1. The van der Waals surface area contributed by atoms with E-state index in [0.717, 1.165) is 17.4 Å². The molecule has 1 aromatic heterocycles. The van der Waals surface area contributed by atoms with Crippen molar-refractivity contribution >= 4 is 22.7 Å². The van der Waals surface area contributed by atoms with Gasteiger partial charge in [-0.3, -0.25) is 23.5 Å². The Morgan fingerprint density at radius 1 is 0.973 bits per heavy atom. The number of nitrogens with one attached hydrogen (secondary N) is 2. The molecule has 2 amide bonds. The van der Waals surface area contributed by atoms with E-state index in [1.807, 2.05) is 20.8 Å². The number of carbonyl (C=O) groups excluding carboxylic acids is 2. The van der Waals surface area contributed by atoms with Crippen LogP contribution < -0.4 is 31.4 Å². The molecule has 0 unspecified atom stereocenters. The number of fused-ring (bicyclic) bond motifs is 1. The summed E-state index contributed by atoms with van der Waals surface area (Å²) in [7, 11) is 2.91. The standard InChI is InChI=1S/C27H34N4O6/c1-6-12-28-25(33)19-10-8-18(9-11-19)15-31-26(34)20-13-22(36-4)23(37-5)14-21(20)30(27(31)35)16-24(32)29-17(3)7-2/h8-11,13-14,17H,6-7,12,15-16H2,1-5H3,(H,28,33)(H,29,32)/t17-/m0/s1. The smallest absolute Gasteiger partial charge is 0.332 e. The molecule has 3 aromatic rings. The summed E-state index contributed by atoms with van der Waals surface area (Å²) in [5, 5.41) is 5.88. The van der Waals surface area contributed by atoms with Gasteiger partial charge in [0.15, 0.2) is 11.5 Å². The molecule has 0 bridgehead atoms. The van der Waals surface area contributed by atoms with Crippen LogP contribution in [0.25, 0.3) is 10.9 Å². The monoisotopic (exact) mass is 510 g/mol. The lowest BCUT2D eigenvalue weighted by Gasteiger charge is -2.17. The average Bonchev–Trinajstić information content (AvgIpc) is 2.91. The third kappa shape index (κ3) is 6.19. The van der Waals surface area contributed by atoms with Gasteiger partial charge in [0.05, 0.1) is 31.7 Å². The van der Waals surface area contributed by atoms with E-state index in [1.165, 1.54) is 30.9 Å². The Bertz CT molecular complexity index is 1390. The summed E-state index contributed by atoms with van der Waals surface area (Å²) in [6.45, 7) is 6.06. The van der Waals surface area contributed by atoms with Gasteiger partial charge in [-0.05, 0) is 43.5 Å². The van der Waals surface area contributed by atoms with Crippen molar-refractivity contribution in [3.63, 3.8) is 0 Å². The predicted octanol–water partition coefficient (Wildman–Crippen LogP) is 2.28. The number of methoxy groups -OCH3 is 2. The van der Waals surface area contributed by atoms with E-state index in [-0.39, 0.29) is 41.8 Å². The number of nitrogens with zero attached hydrogens (tertiary/aromatic N) is 2. The molecular weight excluding hydrogens is 476 g/mol. The fourth-order valence-corrected chi connectivity index (χ4v) is 3.89. The van der Waals surface area contributed by atoms with Gasteiger partial charge in [-0.25, -0.2) is 4.79 Å². The number of ether oxygens (including phenoxy) is 2. The van der Waals surface area contributed by atoms with Crippen molar-refractivity contribution in [3.05, 3.63) is 68.4 Å². The van der Waals surface area contributed by atoms with Crippen molar-refractivity contribution < 1.29 is 19.1 Å². The van der Waals surface area contributed by atoms with Gasteiger partial charge in [0.1, 0.15) is 6.54 Å². The Kier molecular flexibility index (Phi) is 9.10. The molecule has 0 aliphatic carbocycles. The average molecular weight is 511 g/mol. The quantitative estimate of drug-likeness (QED) is 0.408. The van der Waals surface area contributed by atoms with Crippen molar-refractivity contribution in [2.24, 2.45) is 0 Å². The van der Waals surface area contributed by atoms with E-state index in [2.05, 4.69) is 10.6 Å². The lowest BCUT2D eigenvalue weighted by molar-refractivity contribution is -0.122. The Morgan fingerprint density at radius 2 is 1.62 bits per heavy atom. The van der Waals surface area contributed by atoms with Crippen LogP contribution in [-0.2, 0) is 17.9 Å². The van der Waals surface area contributed by atoms with Crippen LogP contribution in [0.4, 0.5) is 0 Å². The minimum atomic E-state index is -0.631. The van der Waals surface area contributed by atoms with Crippen LogP contribution in [0.2, 0.25) is 0 Å². The minimum absolute atomic E-state index is 0.0359. The number of aromatic nitrogens is 2. The topological polar surface area (TPSA) is 121 Å². The molecule has 0 fully saturated rings. The van der Waals surface area contributed by atoms with Crippen molar-refractivity contribution in [2.45, 2.75) is 52.7 Å². The molecule has 3 rings (SSSR count). The first-order valence-corrected chi connectivity index (χ1v) is 12.3. The molecule has 1 atom stereocenters. The highest BCUT2D eigenvalue weighted by Gasteiger charge is 2.19. The second-order valence-corrected chi connectivity index (χ2v) is 8.81. The molecular formula is C27H34N4O6. The molecule has 0 saturated heterocycles. The van der Waals surface area contributed by atoms with Crippen molar-refractivity contribution in [1.29, 1.82) is 0 Å². The van der Waals surface area contributed by atoms with E-state index in [9.17, 15) is 19.2 Å². The summed E-state index contributed by atoms with van der Waals surface area (Å²) in [5.74, 6) is 0.127. The normalized spacial score (nSPS) is 11.7. The highest BCUT2D eigenvalue weighted by Crippen LogP contribution is 2.30. The van der Waals surface area contributed by atoms with E-state index in [4.69, 9.17) is 9.47 Å². The van der Waals surface area contributed by atoms with E-state index in [1.54, 1.807) is 24.3 Å². The molecule has 0 aliphatic rings. The first-order valence-electron chi connectivity index (χ1n) is 12.3. The zero-order valence-corrected chi connectivity index (χ0v) is 21.9. The van der Waals surface area contributed by atoms with Gasteiger partial charge in [0.25, 0.3) is 11.5 Å². The van der Waals surface area contributed by atoms with Crippen LogP contribution in [-0.4, -0.2) is 47.8 Å². The first kappa shape index (κ1) is 27.5. The Balaban J connectivity index is 2.10. The fraction of sp³-hybridized carbons (Fsp3) is 0.407. The van der Waals surface area contributed by atoms with E-state index >= 15 is 0 Å². The van der Waals surface area contributed by atoms with Crippen LogP contribution in [0.15, 0.2) is 46.0 Å². The molecule has 1 heterocycles. The fourth-order valence-electron chi connectivity index (χ4n) is 3.89. The van der Waals surface area contributed by atoms with Crippen molar-refractivity contribution in [3.8, 4) is 11.5 Å². The van der Waals surface area contributed by atoms with Gasteiger partial charge in [-0.1, -0.05) is 26.0 Å². The molecule has 0 spiro atoms. The number of hydrogen-bond acceptors (Lipinski definition) is 6. The summed E-state index contributed by atoms with van der Waals surface area (Å²) in [6, 6.07) is 9.68. The predicted molar refractivity (Wildman–Crippen MR) is 142 cm³/mol. The zero-order valence-electron chi connectivity index (χ0n) is 21.9. The van der Waals surface area contributed by atoms with Gasteiger partial charge in [-0.2, -0.15) is 0 Å². The Morgan fingerprint density at radius 3 is 2.22 bits per heavy atom. The lowest BCUT2D eigenvalue weighted by Crippen LogP contribution is -2.44. The van der Waals surface area contributed by atoms with Gasteiger partial charge in [-0.15, -0.1) is 0 Å².